The van der Waals surface area contributed by atoms with Crippen molar-refractivity contribution in [3.8, 4) is 0 Å². The summed E-state index contributed by atoms with van der Waals surface area (Å²) in [6.07, 6.45) is 2.97. The van der Waals surface area contributed by atoms with Gasteiger partial charge >= 0.3 is 0 Å². The van der Waals surface area contributed by atoms with E-state index in [4.69, 9.17) is 4.42 Å². The first kappa shape index (κ1) is 11.7. The summed E-state index contributed by atoms with van der Waals surface area (Å²) in [5.74, 6) is 1.78. The summed E-state index contributed by atoms with van der Waals surface area (Å²) in [5, 5.41) is 3.56. The molecule has 2 rings (SSSR count). The lowest BCUT2D eigenvalue weighted by molar-refractivity contribution is 0.183. The molecule has 1 aromatic rings. The minimum atomic E-state index is 0.627. The zero-order chi connectivity index (χ0) is 11.4. The Labute approximate surface area is 97.8 Å². The molecule has 1 aliphatic rings. The van der Waals surface area contributed by atoms with Crippen LogP contribution in [0, 0.1) is 5.92 Å². The lowest BCUT2D eigenvalue weighted by Crippen LogP contribution is -2.42. The van der Waals surface area contributed by atoms with Gasteiger partial charge in [0, 0.05) is 19.1 Å². The lowest BCUT2D eigenvalue weighted by Gasteiger charge is -2.30. The molecule has 0 aliphatic carbocycles. The van der Waals surface area contributed by atoms with Gasteiger partial charge in [-0.05, 0) is 37.9 Å². The minimum Gasteiger partial charge on any atom is -0.468 e. The van der Waals surface area contributed by atoms with Crippen molar-refractivity contribution in [1.29, 1.82) is 0 Å². The molecule has 0 bridgehead atoms. The van der Waals surface area contributed by atoms with E-state index in [1.165, 1.54) is 6.42 Å². The van der Waals surface area contributed by atoms with E-state index >= 15 is 0 Å². The molecule has 0 aromatic carbocycles. The van der Waals surface area contributed by atoms with E-state index < -0.39 is 0 Å². The molecular formula is C13H22N2O. The van der Waals surface area contributed by atoms with E-state index in [2.05, 4.69) is 30.1 Å². The second kappa shape index (κ2) is 5.51. The topological polar surface area (TPSA) is 28.4 Å². The molecule has 90 valence electrons. The van der Waals surface area contributed by atoms with E-state index in [9.17, 15) is 0 Å². The van der Waals surface area contributed by atoms with Gasteiger partial charge in [0.15, 0.2) is 0 Å². The highest BCUT2D eigenvalue weighted by Crippen LogP contribution is 2.11. The molecule has 0 saturated carbocycles. The molecule has 0 amide bonds. The first-order chi connectivity index (χ1) is 7.74. The van der Waals surface area contributed by atoms with Crippen molar-refractivity contribution in [1.82, 2.24) is 10.2 Å². The average Bonchev–Trinajstić information content (AvgIpc) is 2.74. The van der Waals surface area contributed by atoms with Gasteiger partial charge in [0.25, 0.3) is 0 Å². The van der Waals surface area contributed by atoms with E-state index in [1.807, 2.05) is 6.07 Å². The van der Waals surface area contributed by atoms with Crippen molar-refractivity contribution >= 4 is 0 Å². The number of furan rings is 1. The van der Waals surface area contributed by atoms with Crippen molar-refractivity contribution in [2.45, 2.75) is 32.9 Å². The molecule has 2 unspecified atom stereocenters. The van der Waals surface area contributed by atoms with E-state index in [0.29, 0.717) is 12.0 Å². The zero-order valence-corrected chi connectivity index (χ0v) is 10.3. The van der Waals surface area contributed by atoms with Gasteiger partial charge in [-0.1, -0.05) is 6.92 Å². The van der Waals surface area contributed by atoms with Crippen molar-refractivity contribution in [2.24, 2.45) is 5.92 Å². The number of nitrogens with zero attached hydrogens (tertiary/aromatic N) is 1. The van der Waals surface area contributed by atoms with Crippen LogP contribution in [0.2, 0.25) is 0 Å². The van der Waals surface area contributed by atoms with Crippen LogP contribution in [0.4, 0.5) is 0 Å². The fraction of sp³-hybridized carbons (Fsp3) is 0.692. The molecule has 2 atom stereocenters. The predicted molar refractivity (Wildman–Crippen MR) is 65.2 cm³/mol. The number of nitrogens with one attached hydrogen (secondary N) is 1. The van der Waals surface area contributed by atoms with Crippen LogP contribution in [-0.4, -0.2) is 30.6 Å². The summed E-state index contributed by atoms with van der Waals surface area (Å²) in [6.45, 7) is 8.95. The number of hydrogen-bond acceptors (Lipinski definition) is 3. The Morgan fingerprint density at radius 3 is 3.12 bits per heavy atom. The SMILES string of the molecule is CC1CNC(C)CCN(Cc2ccco2)C1. The summed E-state index contributed by atoms with van der Waals surface area (Å²) in [5.41, 5.74) is 0. The van der Waals surface area contributed by atoms with Crippen LogP contribution in [0.1, 0.15) is 26.0 Å². The molecule has 1 saturated heterocycles. The molecule has 1 aromatic heterocycles. The maximum Gasteiger partial charge on any atom is 0.117 e. The van der Waals surface area contributed by atoms with Gasteiger partial charge < -0.3 is 9.73 Å². The summed E-state index contributed by atoms with van der Waals surface area (Å²) < 4.78 is 5.41. The second-order valence-electron chi connectivity index (χ2n) is 5.02. The molecule has 1 fully saturated rings. The maximum absolute atomic E-state index is 5.41. The van der Waals surface area contributed by atoms with Crippen LogP contribution in [-0.2, 0) is 6.54 Å². The summed E-state index contributed by atoms with van der Waals surface area (Å²) in [7, 11) is 0. The van der Waals surface area contributed by atoms with Crippen LogP contribution >= 0.6 is 0 Å². The number of hydrogen-bond donors (Lipinski definition) is 1. The summed E-state index contributed by atoms with van der Waals surface area (Å²) >= 11 is 0. The number of rotatable bonds is 2. The van der Waals surface area contributed by atoms with E-state index in [0.717, 1.165) is 31.9 Å². The van der Waals surface area contributed by atoms with Crippen LogP contribution in [0.15, 0.2) is 22.8 Å². The van der Waals surface area contributed by atoms with Crippen LogP contribution in [0.25, 0.3) is 0 Å². The van der Waals surface area contributed by atoms with Crippen LogP contribution < -0.4 is 5.32 Å². The third-order valence-corrected chi connectivity index (χ3v) is 3.22. The molecule has 1 N–H and O–H groups in total. The molecule has 0 spiro atoms. The Bertz CT molecular complexity index is 297. The van der Waals surface area contributed by atoms with Gasteiger partial charge in [-0.2, -0.15) is 0 Å². The zero-order valence-electron chi connectivity index (χ0n) is 10.3. The minimum absolute atomic E-state index is 0.627. The largest absolute Gasteiger partial charge is 0.468 e. The Morgan fingerprint density at radius 1 is 1.50 bits per heavy atom. The van der Waals surface area contributed by atoms with Crippen molar-refractivity contribution < 1.29 is 4.42 Å². The first-order valence-electron chi connectivity index (χ1n) is 6.22. The Balaban J connectivity index is 1.91. The van der Waals surface area contributed by atoms with Gasteiger partial charge in [0.2, 0.25) is 0 Å². The van der Waals surface area contributed by atoms with Crippen molar-refractivity contribution in [2.75, 3.05) is 19.6 Å². The van der Waals surface area contributed by atoms with Gasteiger partial charge in [-0.15, -0.1) is 0 Å². The third kappa shape index (κ3) is 3.35. The molecule has 3 nitrogen and oxygen atoms in total. The predicted octanol–water partition coefficient (Wildman–Crippen LogP) is 2.10. The highest BCUT2D eigenvalue weighted by Gasteiger charge is 2.17. The normalized spacial score (nSPS) is 28.6. The smallest absolute Gasteiger partial charge is 0.117 e. The molecule has 3 heteroatoms. The van der Waals surface area contributed by atoms with Crippen LogP contribution in [0.3, 0.4) is 0 Å². The molecule has 0 radical (unpaired) electrons. The van der Waals surface area contributed by atoms with Gasteiger partial charge in [-0.3, -0.25) is 4.90 Å². The maximum atomic E-state index is 5.41. The summed E-state index contributed by atoms with van der Waals surface area (Å²) in [6, 6.07) is 4.65. The fourth-order valence-corrected chi connectivity index (χ4v) is 2.24. The highest BCUT2D eigenvalue weighted by atomic mass is 16.3. The Kier molecular flexibility index (Phi) is 4.02. The summed E-state index contributed by atoms with van der Waals surface area (Å²) in [4.78, 5) is 2.50. The Hall–Kier alpha value is -0.800. The molecular weight excluding hydrogens is 200 g/mol. The highest BCUT2D eigenvalue weighted by molar-refractivity contribution is 4.98. The second-order valence-corrected chi connectivity index (χ2v) is 5.02. The lowest BCUT2D eigenvalue weighted by atomic mass is 10.1. The Morgan fingerprint density at radius 2 is 2.38 bits per heavy atom. The third-order valence-electron chi connectivity index (χ3n) is 3.22. The van der Waals surface area contributed by atoms with Crippen LogP contribution in [0.5, 0.6) is 0 Å². The first-order valence-corrected chi connectivity index (χ1v) is 6.22. The van der Waals surface area contributed by atoms with E-state index in [-0.39, 0.29) is 0 Å². The molecule has 2 heterocycles. The van der Waals surface area contributed by atoms with Gasteiger partial charge in [0.1, 0.15) is 5.76 Å². The fourth-order valence-electron chi connectivity index (χ4n) is 2.24. The van der Waals surface area contributed by atoms with E-state index in [1.54, 1.807) is 6.26 Å². The van der Waals surface area contributed by atoms with Gasteiger partial charge in [0.05, 0.1) is 12.8 Å². The van der Waals surface area contributed by atoms with Crippen molar-refractivity contribution in [3.05, 3.63) is 24.2 Å². The van der Waals surface area contributed by atoms with Crippen molar-refractivity contribution in [3.63, 3.8) is 0 Å². The monoisotopic (exact) mass is 222 g/mol. The molecule has 1 aliphatic heterocycles. The average molecular weight is 222 g/mol. The molecule has 16 heavy (non-hydrogen) atoms. The standard InChI is InChI=1S/C13H22N2O/c1-11-8-14-12(2)5-6-15(9-11)10-13-4-3-7-16-13/h3-4,7,11-12,14H,5-6,8-10H2,1-2H3. The quantitative estimate of drug-likeness (QED) is 0.830. The van der Waals surface area contributed by atoms with Gasteiger partial charge in [-0.25, -0.2) is 0 Å².